The van der Waals surface area contributed by atoms with Crippen molar-refractivity contribution in [1.29, 1.82) is 0 Å². The molecule has 0 unspecified atom stereocenters. The molecule has 1 N–H and O–H groups in total. The molecule has 5 nitrogen and oxygen atoms in total. The molecule has 1 aromatic rings. The van der Waals surface area contributed by atoms with Crippen LogP contribution in [0.15, 0.2) is 28.7 Å². The minimum absolute atomic E-state index is 0.0968. The maximum Gasteiger partial charge on any atom is 0.305 e. The van der Waals surface area contributed by atoms with Crippen molar-refractivity contribution in [3.8, 4) is 0 Å². The summed E-state index contributed by atoms with van der Waals surface area (Å²) in [5.74, 6) is -0.499. The molecular weight excluding hydrogens is 346 g/mol. The van der Waals surface area contributed by atoms with Gasteiger partial charge in [-0.2, -0.15) is 0 Å². The Kier molecular flexibility index (Phi) is 6.64. The zero-order chi connectivity index (χ0) is 15.2. The molecule has 0 aromatic heterocycles. The first kappa shape index (κ1) is 17.1. The predicted octanol–water partition coefficient (Wildman–Crippen LogP) is 2.38. The number of esters is 1. The number of hydrogen-bond acceptors (Lipinski definition) is 4. The van der Waals surface area contributed by atoms with E-state index in [0.29, 0.717) is 0 Å². The highest BCUT2D eigenvalue weighted by Crippen LogP contribution is 2.18. The molecule has 0 fully saturated rings. The van der Waals surface area contributed by atoms with Crippen molar-refractivity contribution in [2.45, 2.75) is 25.8 Å². The van der Waals surface area contributed by atoms with Gasteiger partial charge < -0.3 is 4.74 Å². The van der Waals surface area contributed by atoms with E-state index in [9.17, 15) is 13.2 Å². The molecule has 1 aromatic carbocycles. The summed E-state index contributed by atoms with van der Waals surface area (Å²) in [7, 11) is -2.14. The fourth-order valence-corrected chi connectivity index (χ4v) is 3.41. The zero-order valence-corrected chi connectivity index (χ0v) is 13.8. The lowest BCUT2D eigenvalue weighted by molar-refractivity contribution is -0.140. The van der Waals surface area contributed by atoms with E-state index < -0.39 is 16.0 Å². The molecular formula is C13H18BrNO4S. The Morgan fingerprint density at radius 2 is 2.15 bits per heavy atom. The van der Waals surface area contributed by atoms with E-state index in [2.05, 4.69) is 25.4 Å². The molecule has 0 heterocycles. The molecule has 20 heavy (non-hydrogen) atoms. The molecule has 112 valence electrons. The monoisotopic (exact) mass is 363 g/mol. The number of methoxy groups -OCH3 is 1. The van der Waals surface area contributed by atoms with Crippen LogP contribution in [0.5, 0.6) is 0 Å². The maximum absolute atomic E-state index is 11.9. The molecule has 0 amide bonds. The number of hydrogen-bond donors (Lipinski definition) is 1. The van der Waals surface area contributed by atoms with Crippen molar-refractivity contribution in [2.24, 2.45) is 0 Å². The Morgan fingerprint density at radius 3 is 2.75 bits per heavy atom. The first-order valence-electron chi connectivity index (χ1n) is 6.16. The molecule has 7 heteroatoms. The number of benzene rings is 1. The summed E-state index contributed by atoms with van der Waals surface area (Å²) in [6.07, 6.45) is 0.343. The molecule has 0 saturated heterocycles. The predicted molar refractivity (Wildman–Crippen MR) is 80.7 cm³/mol. The third-order valence-corrected chi connectivity index (χ3v) is 4.76. The molecule has 0 aliphatic rings. The highest BCUT2D eigenvalue weighted by molar-refractivity contribution is 9.10. The lowest BCUT2D eigenvalue weighted by Crippen LogP contribution is -2.29. The van der Waals surface area contributed by atoms with Gasteiger partial charge in [-0.05, 0) is 31.0 Å². The lowest BCUT2D eigenvalue weighted by Gasteiger charge is -2.14. The van der Waals surface area contributed by atoms with Crippen LogP contribution < -0.4 is 4.72 Å². The summed E-state index contributed by atoms with van der Waals surface area (Å²) in [5.41, 5.74) is 0.871. The van der Waals surface area contributed by atoms with Gasteiger partial charge in [0.15, 0.2) is 0 Å². The van der Waals surface area contributed by atoms with E-state index in [4.69, 9.17) is 0 Å². The van der Waals surface area contributed by atoms with E-state index in [-0.39, 0.29) is 24.6 Å². The summed E-state index contributed by atoms with van der Waals surface area (Å²) in [6.45, 7) is 1.78. The number of carbonyl (C=O) groups is 1. The Morgan fingerprint density at radius 1 is 1.45 bits per heavy atom. The summed E-state index contributed by atoms with van der Waals surface area (Å²) >= 11 is 3.35. The van der Waals surface area contributed by atoms with Gasteiger partial charge in [0, 0.05) is 16.9 Å². The molecule has 0 bridgehead atoms. The first-order chi connectivity index (χ1) is 9.34. The smallest absolute Gasteiger partial charge is 0.305 e. The van der Waals surface area contributed by atoms with Gasteiger partial charge >= 0.3 is 5.97 Å². The van der Waals surface area contributed by atoms with Crippen LogP contribution in [-0.4, -0.2) is 27.2 Å². The second-order valence-electron chi connectivity index (χ2n) is 4.39. The van der Waals surface area contributed by atoms with Crippen molar-refractivity contribution in [3.05, 3.63) is 34.3 Å². The van der Waals surface area contributed by atoms with Crippen molar-refractivity contribution in [1.82, 2.24) is 4.72 Å². The Balaban J connectivity index is 2.55. The van der Waals surface area contributed by atoms with Gasteiger partial charge in [0.2, 0.25) is 10.0 Å². The van der Waals surface area contributed by atoms with E-state index in [0.717, 1.165) is 10.0 Å². The summed E-state index contributed by atoms with van der Waals surface area (Å²) in [4.78, 5) is 10.9. The fraction of sp³-hybridized carbons (Fsp3) is 0.462. The fourth-order valence-electron chi connectivity index (χ4n) is 1.68. The van der Waals surface area contributed by atoms with Crippen LogP contribution >= 0.6 is 15.9 Å². The van der Waals surface area contributed by atoms with Gasteiger partial charge in [0.1, 0.15) is 0 Å². The average molecular weight is 364 g/mol. The summed E-state index contributed by atoms with van der Waals surface area (Å²) in [6, 6.07) is 7.12. The van der Waals surface area contributed by atoms with Gasteiger partial charge in [-0.25, -0.2) is 13.1 Å². The van der Waals surface area contributed by atoms with Crippen LogP contribution in [0, 0.1) is 0 Å². The van der Waals surface area contributed by atoms with Crippen LogP contribution in [0.2, 0.25) is 0 Å². The highest BCUT2D eigenvalue weighted by atomic mass is 79.9. The first-order valence-corrected chi connectivity index (χ1v) is 8.61. The van der Waals surface area contributed by atoms with Crippen LogP contribution in [0.1, 0.15) is 31.4 Å². The molecule has 0 saturated carbocycles. The number of sulfonamides is 1. The van der Waals surface area contributed by atoms with Gasteiger partial charge in [-0.15, -0.1) is 0 Å². The van der Waals surface area contributed by atoms with Crippen molar-refractivity contribution in [3.63, 3.8) is 0 Å². The highest BCUT2D eigenvalue weighted by Gasteiger charge is 2.16. The van der Waals surface area contributed by atoms with Crippen molar-refractivity contribution >= 4 is 31.9 Å². The number of nitrogens with one attached hydrogen (secondary N) is 1. The standard InChI is InChI=1S/C13H18BrNO4S/c1-10(11-5-3-6-12(14)9-11)15-20(17,18)8-4-7-13(16)19-2/h3,5-6,9-10,15H,4,7-8H2,1-2H3/t10-/m0/s1. The van der Waals surface area contributed by atoms with E-state index in [1.807, 2.05) is 24.3 Å². The molecule has 0 aliphatic heterocycles. The van der Waals surface area contributed by atoms with Gasteiger partial charge in [-0.1, -0.05) is 28.1 Å². The third-order valence-electron chi connectivity index (χ3n) is 2.73. The third kappa shape index (κ3) is 6.02. The second kappa shape index (κ2) is 7.75. The largest absolute Gasteiger partial charge is 0.469 e. The maximum atomic E-state index is 11.9. The van der Waals surface area contributed by atoms with Gasteiger partial charge in [0.25, 0.3) is 0 Å². The van der Waals surface area contributed by atoms with E-state index in [1.165, 1.54) is 7.11 Å². The van der Waals surface area contributed by atoms with Crippen molar-refractivity contribution in [2.75, 3.05) is 12.9 Å². The van der Waals surface area contributed by atoms with Gasteiger partial charge in [-0.3, -0.25) is 4.79 Å². The topological polar surface area (TPSA) is 72.5 Å². The Bertz CT molecular complexity index is 559. The minimum atomic E-state index is -3.42. The van der Waals surface area contributed by atoms with E-state index >= 15 is 0 Å². The quantitative estimate of drug-likeness (QED) is 0.754. The van der Waals surface area contributed by atoms with Crippen molar-refractivity contribution < 1.29 is 17.9 Å². The number of rotatable bonds is 7. The molecule has 0 aliphatic carbocycles. The van der Waals surface area contributed by atoms with E-state index in [1.54, 1.807) is 6.92 Å². The molecule has 1 atom stereocenters. The van der Waals surface area contributed by atoms with Gasteiger partial charge in [0.05, 0.1) is 12.9 Å². The minimum Gasteiger partial charge on any atom is -0.469 e. The SMILES string of the molecule is COC(=O)CCCS(=O)(=O)N[C@@H](C)c1cccc(Br)c1. The molecule has 1 rings (SSSR count). The lowest BCUT2D eigenvalue weighted by atomic mass is 10.1. The van der Waals surface area contributed by atoms with Crippen LogP contribution in [-0.2, 0) is 19.6 Å². The number of ether oxygens (including phenoxy) is 1. The Hall–Kier alpha value is -0.920. The summed E-state index contributed by atoms with van der Waals surface area (Å²) < 4.78 is 31.7. The average Bonchev–Trinajstić information content (AvgIpc) is 2.37. The molecule has 0 radical (unpaired) electrons. The van der Waals surface area contributed by atoms with Crippen LogP contribution in [0.4, 0.5) is 0 Å². The zero-order valence-electron chi connectivity index (χ0n) is 11.4. The Labute approximate surface area is 127 Å². The number of carbonyl (C=O) groups excluding carboxylic acids is 1. The molecule has 0 spiro atoms. The van der Waals surface area contributed by atoms with Crippen LogP contribution in [0.3, 0.4) is 0 Å². The number of halogens is 1. The summed E-state index contributed by atoms with van der Waals surface area (Å²) in [5, 5.41) is 0. The van der Waals surface area contributed by atoms with Crippen LogP contribution in [0.25, 0.3) is 0 Å². The second-order valence-corrected chi connectivity index (χ2v) is 7.18. The normalized spacial score (nSPS) is 12.9.